The maximum absolute atomic E-state index is 14.6. The lowest BCUT2D eigenvalue weighted by molar-refractivity contribution is -0.138. The number of nitrogens with zero attached hydrogens (tertiary/aromatic N) is 3. The van der Waals surface area contributed by atoms with Crippen LogP contribution in [-0.2, 0) is 15.1 Å². The molecule has 5 nitrogen and oxygen atoms in total. The van der Waals surface area contributed by atoms with E-state index in [4.69, 9.17) is 12.2 Å². The quantitative estimate of drug-likeness (QED) is 0.491. The molecular weight excluding hydrogens is 464 g/mol. The average Bonchev–Trinajstić information content (AvgIpc) is 3.28. The number of halogens is 2. The number of hydrogen-bond donors (Lipinski definition) is 0. The van der Waals surface area contributed by atoms with Crippen molar-refractivity contribution in [1.82, 2.24) is 9.80 Å². The van der Waals surface area contributed by atoms with E-state index in [0.717, 1.165) is 11.8 Å². The van der Waals surface area contributed by atoms with Gasteiger partial charge in [-0.1, -0.05) is 42.2 Å². The van der Waals surface area contributed by atoms with E-state index in [-0.39, 0.29) is 24.9 Å². The summed E-state index contributed by atoms with van der Waals surface area (Å²) in [6.45, 7) is 4.19. The Morgan fingerprint density at radius 3 is 2.58 bits per heavy atom. The van der Waals surface area contributed by atoms with Crippen LogP contribution in [-0.4, -0.2) is 57.9 Å². The third kappa shape index (κ3) is 2.64. The van der Waals surface area contributed by atoms with Crippen LogP contribution >= 0.6 is 24.0 Å². The first-order chi connectivity index (χ1) is 15.7. The second kappa shape index (κ2) is 7.44. The lowest BCUT2D eigenvalue weighted by atomic mass is 9.72. The first-order valence-corrected chi connectivity index (χ1v) is 11.6. The maximum atomic E-state index is 14.6. The van der Waals surface area contributed by atoms with Gasteiger partial charge in [-0.3, -0.25) is 19.4 Å². The van der Waals surface area contributed by atoms with Gasteiger partial charge >= 0.3 is 0 Å². The summed E-state index contributed by atoms with van der Waals surface area (Å²) in [6.07, 6.45) is 1.57. The fraction of sp³-hybridized carbons (Fsp3) is 0.292. The van der Waals surface area contributed by atoms with Crippen LogP contribution in [0.5, 0.6) is 0 Å². The molecule has 3 atom stereocenters. The smallest absolute Gasteiger partial charge is 0.254 e. The lowest BCUT2D eigenvalue weighted by Crippen LogP contribution is -2.62. The number of rotatable bonds is 3. The molecule has 2 spiro atoms. The Balaban J connectivity index is 1.85. The van der Waals surface area contributed by atoms with Gasteiger partial charge in [-0.15, -0.1) is 6.58 Å². The van der Waals surface area contributed by atoms with Crippen LogP contribution in [0.15, 0.2) is 55.1 Å². The Morgan fingerprint density at radius 1 is 1.15 bits per heavy atom. The SMILES string of the molecule is C=CCN1C(=O)[C@@]2(SC1=S)[C@H](c1cccc(F)c1)CN(C)[C@]21C(=O)N(C)c2ccc(F)cc21. The molecule has 0 unspecified atom stereocenters. The number of carbonyl (C=O) groups excluding carboxylic acids is 2. The van der Waals surface area contributed by atoms with Crippen LogP contribution in [0.2, 0.25) is 0 Å². The predicted molar refractivity (Wildman–Crippen MR) is 128 cm³/mol. The van der Waals surface area contributed by atoms with Gasteiger partial charge in [-0.25, -0.2) is 8.78 Å². The molecule has 0 N–H and O–H groups in total. The van der Waals surface area contributed by atoms with Crippen molar-refractivity contribution < 1.29 is 18.4 Å². The highest BCUT2D eigenvalue weighted by Crippen LogP contribution is 2.66. The zero-order valence-corrected chi connectivity index (χ0v) is 19.7. The zero-order chi connectivity index (χ0) is 23.7. The van der Waals surface area contributed by atoms with Gasteiger partial charge in [0.05, 0.1) is 0 Å². The number of hydrogen-bond acceptors (Lipinski definition) is 5. The highest BCUT2D eigenvalue weighted by atomic mass is 32.2. The van der Waals surface area contributed by atoms with Gasteiger partial charge in [-0.05, 0) is 42.9 Å². The molecule has 170 valence electrons. The fourth-order valence-corrected chi connectivity index (χ4v) is 7.83. The topological polar surface area (TPSA) is 43.9 Å². The molecule has 2 aromatic rings. The molecule has 33 heavy (non-hydrogen) atoms. The van der Waals surface area contributed by atoms with Crippen molar-refractivity contribution in [3.05, 3.63) is 77.9 Å². The van der Waals surface area contributed by atoms with E-state index in [1.165, 1.54) is 34.1 Å². The second-order valence-corrected chi connectivity index (χ2v) is 10.4. The summed E-state index contributed by atoms with van der Waals surface area (Å²) < 4.78 is 27.7. The number of benzene rings is 2. The summed E-state index contributed by atoms with van der Waals surface area (Å²) in [7, 11) is 3.37. The van der Waals surface area contributed by atoms with Crippen molar-refractivity contribution in [2.45, 2.75) is 16.2 Å². The number of thiocarbonyl (C=S) groups is 1. The maximum Gasteiger partial charge on any atom is 0.254 e. The standard InChI is InChI=1S/C24H21F2N3O2S2/c1-4-10-29-21(31)24(33-22(29)32)18(14-6-5-7-15(25)11-14)13-27(2)23(24)17-12-16(26)8-9-19(17)28(3)20(23)30/h4-9,11-12,18H,1,10,13H2,2-3H3/t18-,23+,24-/m0/s1. The van der Waals surface area contributed by atoms with Crippen molar-refractivity contribution in [2.24, 2.45) is 0 Å². The number of thioether (sulfide) groups is 1. The third-order valence-corrected chi connectivity index (χ3v) is 8.92. The van der Waals surface area contributed by atoms with Crippen molar-refractivity contribution in [3.8, 4) is 0 Å². The normalized spacial score (nSPS) is 29.1. The van der Waals surface area contributed by atoms with E-state index in [1.807, 2.05) is 0 Å². The van der Waals surface area contributed by atoms with Gasteiger partial charge in [0.1, 0.15) is 20.7 Å². The molecule has 2 amide bonds. The largest absolute Gasteiger partial charge is 0.313 e. The zero-order valence-electron chi connectivity index (χ0n) is 18.0. The first kappa shape index (κ1) is 22.2. The fourth-order valence-electron chi connectivity index (χ4n) is 5.68. The highest BCUT2D eigenvalue weighted by molar-refractivity contribution is 8.25. The third-order valence-electron chi connectivity index (χ3n) is 6.98. The molecule has 0 saturated carbocycles. The number of carbonyl (C=O) groups is 2. The van der Waals surface area contributed by atoms with Crippen molar-refractivity contribution in [1.29, 1.82) is 0 Å². The van der Waals surface area contributed by atoms with Crippen LogP contribution in [0.1, 0.15) is 17.0 Å². The Labute approximate surface area is 200 Å². The number of likely N-dealkylation sites (N-methyl/N-ethyl adjacent to an activating group) is 2. The average molecular weight is 486 g/mol. The molecule has 3 heterocycles. The Hall–Kier alpha value is -2.62. The molecule has 0 bridgehead atoms. The Morgan fingerprint density at radius 2 is 1.88 bits per heavy atom. The molecule has 9 heteroatoms. The van der Waals surface area contributed by atoms with Crippen LogP contribution in [0.25, 0.3) is 0 Å². The van der Waals surface area contributed by atoms with Crippen molar-refractivity contribution in [2.75, 3.05) is 32.1 Å². The second-order valence-electron chi connectivity index (χ2n) is 8.53. The van der Waals surface area contributed by atoms with E-state index in [1.54, 1.807) is 43.3 Å². The summed E-state index contributed by atoms with van der Waals surface area (Å²) in [5.41, 5.74) is 0.0235. The summed E-state index contributed by atoms with van der Waals surface area (Å²) in [4.78, 5) is 33.0. The monoisotopic (exact) mass is 485 g/mol. The molecule has 0 aliphatic carbocycles. The molecule has 0 radical (unpaired) electrons. The minimum Gasteiger partial charge on any atom is -0.313 e. The predicted octanol–water partition coefficient (Wildman–Crippen LogP) is 3.65. The molecular formula is C24H21F2N3O2S2. The number of likely N-dealkylation sites (tertiary alicyclic amines) is 1. The Bertz CT molecular complexity index is 1240. The van der Waals surface area contributed by atoms with E-state index in [2.05, 4.69) is 6.58 Å². The van der Waals surface area contributed by atoms with Crippen LogP contribution in [0, 0.1) is 11.6 Å². The summed E-state index contributed by atoms with van der Waals surface area (Å²) in [5.74, 6) is -2.21. The van der Waals surface area contributed by atoms with Gasteiger partial charge < -0.3 is 4.90 Å². The summed E-state index contributed by atoms with van der Waals surface area (Å²) in [6, 6.07) is 10.2. The molecule has 2 saturated heterocycles. The number of anilines is 1. The van der Waals surface area contributed by atoms with E-state index < -0.39 is 27.8 Å². The van der Waals surface area contributed by atoms with Gasteiger partial charge in [0.15, 0.2) is 5.54 Å². The molecule has 0 aromatic heterocycles. The van der Waals surface area contributed by atoms with Gasteiger partial charge in [0, 0.05) is 37.3 Å². The van der Waals surface area contributed by atoms with Gasteiger partial charge in [-0.2, -0.15) is 0 Å². The minimum atomic E-state index is -1.52. The molecule has 3 aliphatic rings. The van der Waals surface area contributed by atoms with Crippen LogP contribution in [0.3, 0.4) is 0 Å². The molecule has 2 fully saturated rings. The minimum absolute atomic E-state index is 0.183. The van der Waals surface area contributed by atoms with E-state index in [0.29, 0.717) is 21.1 Å². The molecule has 3 aliphatic heterocycles. The first-order valence-electron chi connectivity index (χ1n) is 10.4. The van der Waals surface area contributed by atoms with Crippen molar-refractivity contribution in [3.63, 3.8) is 0 Å². The van der Waals surface area contributed by atoms with Crippen molar-refractivity contribution >= 4 is 45.8 Å². The van der Waals surface area contributed by atoms with Gasteiger partial charge in [0.25, 0.3) is 5.91 Å². The summed E-state index contributed by atoms with van der Waals surface area (Å²) in [5, 5.41) is 0. The highest BCUT2D eigenvalue weighted by Gasteiger charge is 2.78. The molecule has 2 aromatic carbocycles. The van der Waals surface area contributed by atoms with Gasteiger partial charge in [0.2, 0.25) is 5.91 Å². The lowest BCUT2D eigenvalue weighted by Gasteiger charge is -2.42. The van der Waals surface area contributed by atoms with Crippen LogP contribution < -0.4 is 4.90 Å². The van der Waals surface area contributed by atoms with E-state index in [9.17, 15) is 18.4 Å². The Kier molecular flexibility index (Phi) is 5.00. The number of amides is 2. The summed E-state index contributed by atoms with van der Waals surface area (Å²) >= 11 is 6.74. The molecule has 5 rings (SSSR count). The van der Waals surface area contributed by atoms with Crippen LogP contribution in [0.4, 0.5) is 14.5 Å². The number of fused-ring (bicyclic) bond motifs is 3. The van der Waals surface area contributed by atoms with E-state index >= 15 is 0 Å².